The van der Waals surface area contributed by atoms with Crippen LogP contribution in [0.2, 0.25) is 10.0 Å². The minimum atomic E-state index is -3.80. The van der Waals surface area contributed by atoms with Crippen LogP contribution in [0, 0.1) is 0 Å². The Morgan fingerprint density at radius 3 is 2.38 bits per heavy atom. The molecular formula is C18H18Cl2N2O3S. The quantitative estimate of drug-likeness (QED) is 0.754. The molecule has 2 aromatic carbocycles. The van der Waals surface area contributed by atoms with E-state index in [-0.39, 0.29) is 32.6 Å². The van der Waals surface area contributed by atoms with Gasteiger partial charge in [-0.15, -0.1) is 0 Å². The maximum absolute atomic E-state index is 12.6. The van der Waals surface area contributed by atoms with Crippen molar-refractivity contribution in [3.8, 4) is 0 Å². The van der Waals surface area contributed by atoms with E-state index in [1.54, 1.807) is 0 Å². The van der Waals surface area contributed by atoms with Crippen LogP contribution in [0.25, 0.3) is 0 Å². The molecule has 138 valence electrons. The molecule has 0 bridgehead atoms. The Hall–Kier alpha value is -1.60. The molecule has 2 aromatic rings. The van der Waals surface area contributed by atoms with Crippen LogP contribution in [-0.2, 0) is 10.0 Å². The van der Waals surface area contributed by atoms with Crippen molar-refractivity contribution in [2.24, 2.45) is 0 Å². The van der Waals surface area contributed by atoms with E-state index in [4.69, 9.17) is 23.2 Å². The van der Waals surface area contributed by atoms with Crippen LogP contribution < -0.4 is 10.0 Å². The summed E-state index contributed by atoms with van der Waals surface area (Å²) in [5.41, 5.74) is 0.990. The molecule has 0 heterocycles. The minimum Gasteiger partial charge on any atom is -0.345 e. The van der Waals surface area contributed by atoms with E-state index in [1.807, 2.05) is 37.3 Å². The van der Waals surface area contributed by atoms with Crippen LogP contribution in [0.15, 0.2) is 47.4 Å². The predicted octanol–water partition coefficient (Wildman–Crippen LogP) is 3.93. The highest BCUT2D eigenvalue weighted by molar-refractivity contribution is 7.89. The van der Waals surface area contributed by atoms with E-state index in [0.717, 1.165) is 18.4 Å². The maximum Gasteiger partial charge on any atom is 0.253 e. The molecule has 1 aliphatic carbocycles. The van der Waals surface area contributed by atoms with Crippen molar-refractivity contribution < 1.29 is 13.2 Å². The first-order valence-corrected chi connectivity index (χ1v) is 10.4. The number of hydrogen-bond donors (Lipinski definition) is 2. The lowest BCUT2D eigenvalue weighted by Crippen LogP contribution is -2.29. The fourth-order valence-electron chi connectivity index (χ4n) is 2.49. The van der Waals surface area contributed by atoms with E-state index < -0.39 is 15.9 Å². The van der Waals surface area contributed by atoms with Gasteiger partial charge in [-0.3, -0.25) is 4.79 Å². The molecule has 0 saturated heterocycles. The molecule has 2 N–H and O–H groups in total. The molecule has 0 unspecified atom stereocenters. The van der Waals surface area contributed by atoms with Crippen molar-refractivity contribution >= 4 is 39.1 Å². The van der Waals surface area contributed by atoms with E-state index in [9.17, 15) is 13.2 Å². The summed E-state index contributed by atoms with van der Waals surface area (Å²) in [6.45, 7) is 1.84. The molecule has 3 rings (SSSR count). The summed E-state index contributed by atoms with van der Waals surface area (Å²) in [5, 5.41) is 2.90. The van der Waals surface area contributed by atoms with Crippen LogP contribution in [0.4, 0.5) is 0 Å². The fourth-order valence-corrected chi connectivity index (χ4v) is 4.66. The first-order chi connectivity index (χ1) is 12.3. The second-order valence-corrected chi connectivity index (χ2v) is 8.76. The summed E-state index contributed by atoms with van der Waals surface area (Å²) in [5.74, 6) is -0.467. The van der Waals surface area contributed by atoms with Gasteiger partial charge in [0.25, 0.3) is 5.91 Å². The van der Waals surface area contributed by atoms with Gasteiger partial charge in [-0.1, -0.05) is 53.5 Å². The van der Waals surface area contributed by atoms with Gasteiger partial charge in [0, 0.05) is 6.04 Å². The van der Waals surface area contributed by atoms with Crippen LogP contribution in [0.5, 0.6) is 0 Å². The average molecular weight is 413 g/mol. The third-order valence-electron chi connectivity index (χ3n) is 4.10. The highest BCUT2D eigenvalue weighted by Gasteiger charge is 2.30. The number of halogens is 2. The van der Waals surface area contributed by atoms with Crippen molar-refractivity contribution in [2.75, 3.05) is 0 Å². The number of hydrogen-bond acceptors (Lipinski definition) is 3. The summed E-state index contributed by atoms with van der Waals surface area (Å²) >= 11 is 12.2. The zero-order valence-electron chi connectivity index (χ0n) is 14.0. The molecular weight excluding hydrogens is 395 g/mol. The third kappa shape index (κ3) is 4.38. The topological polar surface area (TPSA) is 75.3 Å². The molecule has 26 heavy (non-hydrogen) atoms. The van der Waals surface area contributed by atoms with E-state index in [2.05, 4.69) is 10.0 Å². The normalized spacial score (nSPS) is 15.5. The highest BCUT2D eigenvalue weighted by atomic mass is 35.5. The molecule has 0 spiro atoms. The van der Waals surface area contributed by atoms with Crippen molar-refractivity contribution in [1.82, 2.24) is 10.0 Å². The van der Waals surface area contributed by atoms with E-state index in [0.29, 0.717) is 0 Å². The van der Waals surface area contributed by atoms with Crippen LogP contribution in [0.3, 0.4) is 0 Å². The lowest BCUT2D eigenvalue weighted by atomic mass is 10.1. The molecule has 8 heteroatoms. The number of nitrogens with one attached hydrogen (secondary N) is 2. The van der Waals surface area contributed by atoms with Gasteiger partial charge < -0.3 is 5.32 Å². The summed E-state index contributed by atoms with van der Waals surface area (Å²) < 4.78 is 27.5. The summed E-state index contributed by atoms with van der Waals surface area (Å²) in [4.78, 5) is 12.5. The van der Waals surface area contributed by atoms with E-state index in [1.165, 1.54) is 12.1 Å². The smallest absolute Gasteiger partial charge is 0.253 e. The molecule has 1 saturated carbocycles. The summed E-state index contributed by atoms with van der Waals surface area (Å²) in [6.07, 6.45) is 1.60. The fraction of sp³-hybridized carbons (Fsp3) is 0.278. The Kier molecular flexibility index (Phi) is 5.58. The van der Waals surface area contributed by atoms with Gasteiger partial charge in [0.15, 0.2) is 0 Å². The first-order valence-electron chi connectivity index (χ1n) is 8.15. The number of sulfonamides is 1. The zero-order chi connectivity index (χ0) is 18.9. The third-order valence-corrected chi connectivity index (χ3v) is 6.40. The molecule has 1 atom stereocenters. The van der Waals surface area contributed by atoms with Gasteiger partial charge in [0.05, 0.1) is 21.7 Å². The Morgan fingerprint density at radius 1 is 1.12 bits per heavy atom. The lowest BCUT2D eigenvalue weighted by Gasteiger charge is -2.16. The Bertz CT molecular complexity index is 929. The Labute approximate surface area is 162 Å². The van der Waals surface area contributed by atoms with E-state index >= 15 is 0 Å². The van der Waals surface area contributed by atoms with Crippen LogP contribution >= 0.6 is 23.2 Å². The predicted molar refractivity (Wildman–Crippen MR) is 102 cm³/mol. The van der Waals surface area contributed by atoms with Gasteiger partial charge in [0.1, 0.15) is 4.90 Å². The first kappa shape index (κ1) is 19.2. The molecule has 1 fully saturated rings. The minimum absolute atomic E-state index is 0.0178. The molecule has 1 amide bonds. The Balaban J connectivity index is 1.87. The molecule has 5 nitrogen and oxygen atoms in total. The van der Waals surface area contributed by atoms with Gasteiger partial charge in [0.2, 0.25) is 10.0 Å². The number of carbonyl (C=O) groups excluding carboxylic acids is 1. The highest BCUT2D eigenvalue weighted by Crippen LogP contribution is 2.31. The van der Waals surface area contributed by atoms with Crippen molar-refractivity contribution in [3.05, 3.63) is 63.6 Å². The van der Waals surface area contributed by atoms with Crippen molar-refractivity contribution in [2.45, 2.75) is 36.7 Å². The van der Waals surface area contributed by atoms with Crippen LogP contribution in [-0.4, -0.2) is 20.4 Å². The molecule has 0 radical (unpaired) electrons. The number of carbonyl (C=O) groups is 1. The maximum atomic E-state index is 12.6. The zero-order valence-corrected chi connectivity index (χ0v) is 16.3. The average Bonchev–Trinajstić information content (AvgIpc) is 3.38. The number of benzene rings is 2. The second-order valence-electron chi connectivity index (χ2n) is 6.26. The van der Waals surface area contributed by atoms with Gasteiger partial charge >= 0.3 is 0 Å². The van der Waals surface area contributed by atoms with Gasteiger partial charge in [-0.2, -0.15) is 0 Å². The van der Waals surface area contributed by atoms with Crippen LogP contribution in [0.1, 0.15) is 41.7 Å². The SMILES string of the molecule is C[C@H](NC(=O)c1cc(S(=O)(=O)NC2CC2)c(Cl)cc1Cl)c1ccccc1. The molecule has 0 aromatic heterocycles. The molecule has 1 aliphatic rings. The molecule has 0 aliphatic heterocycles. The van der Waals surface area contributed by atoms with Gasteiger partial charge in [-0.05, 0) is 37.5 Å². The van der Waals surface area contributed by atoms with Crippen molar-refractivity contribution in [1.29, 1.82) is 0 Å². The number of amides is 1. The lowest BCUT2D eigenvalue weighted by molar-refractivity contribution is 0.0940. The Morgan fingerprint density at radius 2 is 1.77 bits per heavy atom. The second kappa shape index (κ2) is 7.56. The standard InChI is InChI=1S/C18H18Cl2N2O3S/c1-11(12-5-3-2-4-6-12)21-18(23)14-9-17(16(20)10-15(14)19)26(24,25)22-13-7-8-13/h2-6,9-11,13,22H,7-8H2,1H3,(H,21,23)/t11-/m0/s1. The van der Waals surface area contributed by atoms with Crippen molar-refractivity contribution in [3.63, 3.8) is 0 Å². The summed E-state index contributed by atoms with van der Waals surface area (Å²) in [6, 6.07) is 11.6. The largest absolute Gasteiger partial charge is 0.345 e. The number of rotatable bonds is 6. The monoisotopic (exact) mass is 412 g/mol. The summed E-state index contributed by atoms with van der Waals surface area (Å²) in [7, 11) is -3.80. The van der Waals surface area contributed by atoms with Gasteiger partial charge in [-0.25, -0.2) is 13.1 Å².